The van der Waals surface area contributed by atoms with Gasteiger partial charge in [0.25, 0.3) is 0 Å². The maximum atomic E-state index is 9.15. The zero-order valence-electron chi connectivity index (χ0n) is 22.6. The Morgan fingerprint density at radius 2 is 0.727 bits per heavy atom. The molecule has 0 amide bonds. The van der Waals surface area contributed by atoms with E-state index in [-0.39, 0.29) is 30.9 Å². The lowest BCUT2D eigenvalue weighted by atomic mass is 10.1. The van der Waals surface area contributed by atoms with Crippen molar-refractivity contribution in [2.24, 2.45) is 0 Å². The Hall–Kier alpha value is 0.597. The minimum absolute atomic E-state index is 0. The number of unbranched alkanes of at least 4 members (excludes halogenated alkanes) is 12. The van der Waals surface area contributed by atoms with Gasteiger partial charge in [0.05, 0.1) is 54.4 Å². The summed E-state index contributed by atoms with van der Waals surface area (Å²) in [5, 5.41) is 0. The highest BCUT2D eigenvalue weighted by Gasteiger charge is 2.27. The molecule has 0 saturated carbocycles. The molecule has 5 nitrogen and oxygen atoms in total. The van der Waals surface area contributed by atoms with Crippen LogP contribution in [0.5, 0.6) is 0 Å². The minimum atomic E-state index is -3.87. The summed E-state index contributed by atoms with van der Waals surface area (Å²) in [5.41, 5.74) is 0. The predicted molar refractivity (Wildman–Crippen MR) is 136 cm³/mol. The van der Waals surface area contributed by atoms with Crippen molar-refractivity contribution in [3.63, 3.8) is 0 Å². The summed E-state index contributed by atoms with van der Waals surface area (Å²) >= 11 is 0. The Balaban J connectivity index is -0.00000450. The van der Waals surface area contributed by atoms with E-state index in [0.717, 1.165) is 22.1 Å². The SMILES string of the molecule is CCCCCCCCCCCCCC[N+](C)(C)CCCC[N+](C)(C)CCC[Si](O)(O)O.[Cl-].[Cl-]. The van der Waals surface area contributed by atoms with Crippen LogP contribution < -0.4 is 24.8 Å². The normalized spacial score (nSPS) is 12.4. The van der Waals surface area contributed by atoms with Gasteiger partial charge in [-0.15, -0.1) is 0 Å². The summed E-state index contributed by atoms with van der Waals surface area (Å²) in [6, 6.07) is 0.150. The van der Waals surface area contributed by atoms with E-state index >= 15 is 0 Å². The van der Waals surface area contributed by atoms with Gasteiger partial charge in [-0.25, -0.2) is 0 Å². The Morgan fingerprint density at radius 3 is 1.06 bits per heavy atom. The van der Waals surface area contributed by atoms with Gasteiger partial charge >= 0.3 is 8.80 Å². The van der Waals surface area contributed by atoms with Gasteiger partial charge in [0, 0.05) is 25.3 Å². The smallest absolute Gasteiger partial charge is 0.492 e. The van der Waals surface area contributed by atoms with E-state index in [1.807, 2.05) is 0 Å². The molecule has 0 aliphatic heterocycles. The Labute approximate surface area is 220 Å². The van der Waals surface area contributed by atoms with Crippen molar-refractivity contribution >= 4 is 8.80 Å². The fourth-order valence-electron chi connectivity index (χ4n) is 4.43. The largest absolute Gasteiger partial charge is 1.00 e. The van der Waals surface area contributed by atoms with Gasteiger partial charge in [0.2, 0.25) is 0 Å². The summed E-state index contributed by atoms with van der Waals surface area (Å²) < 4.78 is 2.01. The third kappa shape index (κ3) is 28.7. The summed E-state index contributed by atoms with van der Waals surface area (Å²) in [7, 11) is 5.26. The molecule has 0 atom stereocenters. The molecular formula is C25H58Cl2N2O3Si. The Kier molecular flexibility index (Phi) is 25.2. The minimum Gasteiger partial charge on any atom is -1.00 e. The van der Waals surface area contributed by atoms with Gasteiger partial charge in [0.15, 0.2) is 0 Å². The molecule has 0 aliphatic carbocycles. The second-order valence-electron chi connectivity index (χ2n) is 11.2. The van der Waals surface area contributed by atoms with E-state index in [1.54, 1.807) is 0 Å². The predicted octanol–water partition coefficient (Wildman–Crippen LogP) is -1.07. The number of hydrogen-bond donors (Lipinski definition) is 3. The average molecular weight is 534 g/mol. The molecule has 0 fully saturated rings. The molecule has 0 rings (SSSR count). The molecule has 0 bridgehead atoms. The van der Waals surface area contributed by atoms with Crippen molar-refractivity contribution in [1.29, 1.82) is 0 Å². The molecule has 0 unspecified atom stereocenters. The lowest BCUT2D eigenvalue weighted by Gasteiger charge is -2.32. The van der Waals surface area contributed by atoms with Gasteiger partial charge in [-0.05, 0) is 12.8 Å². The number of nitrogens with zero attached hydrogens (tertiary/aromatic N) is 2. The molecule has 3 N–H and O–H groups in total. The van der Waals surface area contributed by atoms with Crippen molar-refractivity contribution < 1.29 is 48.2 Å². The highest BCUT2D eigenvalue weighted by atomic mass is 35.5. The van der Waals surface area contributed by atoms with Crippen molar-refractivity contribution in [3.05, 3.63) is 0 Å². The number of hydrogen-bond acceptors (Lipinski definition) is 3. The zero-order chi connectivity index (χ0) is 23.6. The first-order chi connectivity index (χ1) is 14.5. The molecule has 0 aliphatic rings. The van der Waals surface area contributed by atoms with E-state index in [1.165, 1.54) is 103 Å². The maximum absolute atomic E-state index is 9.15. The van der Waals surface area contributed by atoms with Crippen molar-refractivity contribution in [1.82, 2.24) is 0 Å². The molecule has 33 heavy (non-hydrogen) atoms. The molecule has 0 saturated heterocycles. The number of quaternary nitrogens is 2. The van der Waals surface area contributed by atoms with Gasteiger partial charge in [0.1, 0.15) is 0 Å². The molecule has 0 heterocycles. The van der Waals surface area contributed by atoms with Crippen LogP contribution in [-0.4, -0.2) is 86.5 Å². The molecular weight excluding hydrogens is 475 g/mol. The van der Waals surface area contributed by atoms with Gasteiger partial charge < -0.3 is 48.2 Å². The third-order valence-corrected chi connectivity index (χ3v) is 7.69. The van der Waals surface area contributed by atoms with Gasteiger partial charge in [-0.2, -0.15) is 0 Å². The van der Waals surface area contributed by atoms with Crippen molar-refractivity contribution in [3.8, 4) is 0 Å². The van der Waals surface area contributed by atoms with Crippen molar-refractivity contribution in [2.75, 3.05) is 54.4 Å². The van der Waals surface area contributed by atoms with Crippen LogP contribution in [0.4, 0.5) is 0 Å². The monoisotopic (exact) mass is 532 g/mol. The van der Waals surface area contributed by atoms with Crippen LogP contribution in [0, 0.1) is 0 Å². The van der Waals surface area contributed by atoms with Crippen LogP contribution in [0.25, 0.3) is 0 Å². The second-order valence-corrected chi connectivity index (χ2v) is 13.3. The van der Waals surface area contributed by atoms with Crippen LogP contribution in [0.15, 0.2) is 0 Å². The van der Waals surface area contributed by atoms with Crippen LogP contribution in [0.1, 0.15) is 103 Å². The van der Waals surface area contributed by atoms with Crippen LogP contribution in [0.2, 0.25) is 6.04 Å². The Bertz CT molecular complexity index is 423. The summed E-state index contributed by atoms with van der Waals surface area (Å²) in [6.45, 7) is 6.79. The standard InChI is InChI=1S/C25H58N2O3Si.2ClH/c1-6-7-8-9-10-11-12-13-14-15-16-17-21-26(2,3)22-18-19-23-27(4,5)24-20-25-31(28,29)30;;/h28-30H,6-25H2,1-5H3;2*1H/q+2;;/p-2. The summed E-state index contributed by atoms with van der Waals surface area (Å²) in [4.78, 5) is 27.4. The van der Waals surface area contributed by atoms with E-state index < -0.39 is 8.80 Å². The molecule has 0 aromatic heterocycles. The first-order valence-electron chi connectivity index (χ1n) is 13.3. The fourth-order valence-corrected chi connectivity index (χ4v) is 5.06. The fraction of sp³-hybridized carbons (Fsp3) is 1.00. The Morgan fingerprint density at radius 1 is 0.455 bits per heavy atom. The molecule has 0 aromatic rings. The maximum Gasteiger partial charge on any atom is 0.492 e. The third-order valence-electron chi connectivity index (χ3n) is 6.67. The van der Waals surface area contributed by atoms with E-state index in [9.17, 15) is 0 Å². The topological polar surface area (TPSA) is 60.7 Å². The van der Waals surface area contributed by atoms with Crippen LogP contribution >= 0.6 is 0 Å². The van der Waals surface area contributed by atoms with E-state index in [2.05, 4.69) is 35.1 Å². The highest BCUT2D eigenvalue weighted by molar-refractivity contribution is 6.56. The summed E-state index contributed by atoms with van der Waals surface area (Å²) in [5.74, 6) is 0. The number of halogens is 2. The molecule has 204 valence electrons. The quantitative estimate of drug-likeness (QED) is 0.0945. The lowest BCUT2D eigenvalue weighted by Crippen LogP contribution is -3.00. The van der Waals surface area contributed by atoms with E-state index in [4.69, 9.17) is 14.4 Å². The molecule has 0 aromatic carbocycles. The summed E-state index contributed by atoms with van der Waals surface area (Å²) in [6.07, 6.45) is 20.0. The van der Waals surface area contributed by atoms with Gasteiger partial charge in [-0.3, -0.25) is 0 Å². The molecule has 0 spiro atoms. The lowest BCUT2D eigenvalue weighted by molar-refractivity contribution is -0.897. The number of rotatable bonds is 22. The molecule has 0 radical (unpaired) electrons. The first-order valence-corrected chi connectivity index (χ1v) is 15.3. The van der Waals surface area contributed by atoms with Gasteiger partial charge in [-0.1, -0.05) is 71.1 Å². The highest BCUT2D eigenvalue weighted by Crippen LogP contribution is 2.14. The first kappa shape index (κ1) is 38.1. The zero-order valence-corrected chi connectivity index (χ0v) is 25.1. The second kappa shape index (κ2) is 21.8. The van der Waals surface area contributed by atoms with E-state index in [0.29, 0.717) is 6.42 Å². The van der Waals surface area contributed by atoms with Crippen LogP contribution in [-0.2, 0) is 0 Å². The average Bonchev–Trinajstić information content (AvgIpc) is 2.65. The molecule has 8 heteroatoms. The van der Waals surface area contributed by atoms with Crippen molar-refractivity contribution in [2.45, 2.75) is 109 Å². The van der Waals surface area contributed by atoms with Crippen LogP contribution in [0.3, 0.4) is 0 Å².